The number of aliphatic carboxylic acids is 1. The first-order valence-electron chi connectivity index (χ1n) is 6.37. The molecule has 0 aliphatic carbocycles. The molecule has 6 heteroatoms. The highest BCUT2D eigenvalue weighted by atomic mass is 32.2. The predicted molar refractivity (Wildman–Crippen MR) is 77.0 cm³/mol. The number of carboxylic acids is 1. The van der Waals surface area contributed by atoms with Crippen molar-refractivity contribution in [2.45, 2.75) is 39.7 Å². The average molecular weight is 284 g/mol. The molecule has 0 unspecified atom stereocenters. The number of thioether (sulfide) groups is 1. The van der Waals surface area contributed by atoms with Crippen LogP contribution in [0.25, 0.3) is 0 Å². The van der Waals surface area contributed by atoms with E-state index >= 15 is 0 Å². The third kappa shape index (κ3) is 3.83. The van der Waals surface area contributed by atoms with Crippen molar-refractivity contribution < 1.29 is 9.90 Å². The molecule has 0 spiro atoms. The first-order valence-corrected chi connectivity index (χ1v) is 7.76. The Morgan fingerprint density at radius 2 is 2.05 bits per heavy atom. The Kier molecular flexibility index (Phi) is 6.08. The summed E-state index contributed by atoms with van der Waals surface area (Å²) in [4.78, 5) is 27.1. The fraction of sp³-hybridized carbons (Fsp3) is 0.615. The molecule has 0 aliphatic rings. The zero-order valence-electron chi connectivity index (χ0n) is 11.6. The van der Waals surface area contributed by atoms with Gasteiger partial charge in [-0.3, -0.25) is 9.36 Å². The van der Waals surface area contributed by atoms with Gasteiger partial charge in [0, 0.05) is 23.6 Å². The van der Waals surface area contributed by atoms with Crippen LogP contribution in [0.5, 0.6) is 0 Å². The highest BCUT2D eigenvalue weighted by Crippen LogP contribution is 2.14. The Labute approximate surface area is 117 Å². The predicted octanol–water partition coefficient (Wildman–Crippen LogP) is 1.36. The maximum absolute atomic E-state index is 12.0. The van der Waals surface area contributed by atoms with E-state index in [2.05, 4.69) is 4.98 Å². The Morgan fingerprint density at radius 3 is 2.53 bits per heavy atom. The maximum Gasteiger partial charge on any atom is 0.348 e. The maximum atomic E-state index is 12.0. The van der Waals surface area contributed by atoms with Gasteiger partial charge in [0.15, 0.2) is 0 Å². The quantitative estimate of drug-likeness (QED) is 0.818. The minimum absolute atomic E-state index is 0.0705. The van der Waals surface area contributed by atoms with Crippen LogP contribution >= 0.6 is 11.8 Å². The van der Waals surface area contributed by atoms with Crippen molar-refractivity contribution in [3.8, 4) is 0 Å². The first-order chi connectivity index (χ1) is 9.04. The number of carbonyl (C=O) groups is 1. The second kappa shape index (κ2) is 7.33. The monoisotopic (exact) mass is 284 g/mol. The molecule has 0 fully saturated rings. The van der Waals surface area contributed by atoms with E-state index in [4.69, 9.17) is 5.11 Å². The zero-order valence-corrected chi connectivity index (χ0v) is 12.4. The average Bonchev–Trinajstić information content (AvgIpc) is 2.37. The number of aryl methyl sites for hydroxylation is 1. The molecule has 0 aliphatic heterocycles. The molecule has 0 radical (unpaired) electrons. The van der Waals surface area contributed by atoms with E-state index in [1.165, 1.54) is 0 Å². The van der Waals surface area contributed by atoms with Crippen LogP contribution in [0.2, 0.25) is 0 Å². The minimum atomic E-state index is -0.888. The summed E-state index contributed by atoms with van der Waals surface area (Å²) in [6, 6.07) is 0. The van der Waals surface area contributed by atoms with E-state index in [-0.39, 0.29) is 12.1 Å². The van der Waals surface area contributed by atoms with Gasteiger partial charge in [-0.1, -0.05) is 13.8 Å². The Balaban J connectivity index is 3.39. The molecule has 0 amide bonds. The van der Waals surface area contributed by atoms with Crippen LogP contribution in [0.15, 0.2) is 4.79 Å². The lowest BCUT2D eigenvalue weighted by Gasteiger charge is -2.17. The molecule has 1 rings (SSSR count). The zero-order chi connectivity index (χ0) is 14.4. The van der Waals surface area contributed by atoms with Crippen molar-refractivity contribution in [3.63, 3.8) is 0 Å². The van der Waals surface area contributed by atoms with Crippen LogP contribution in [0.1, 0.15) is 30.8 Å². The highest BCUT2D eigenvalue weighted by Gasteiger charge is 2.17. The van der Waals surface area contributed by atoms with Crippen molar-refractivity contribution in [2.75, 3.05) is 12.0 Å². The van der Waals surface area contributed by atoms with Gasteiger partial charge in [0.25, 0.3) is 0 Å². The highest BCUT2D eigenvalue weighted by molar-refractivity contribution is 7.98. The van der Waals surface area contributed by atoms with Gasteiger partial charge in [0.1, 0.15) is 0 Å². The lowest BCUT2D eigenvalue weighted by Crippen LogP contribution is -2.31. The van der Waals surface area contributed by atoms with Crippen LogP contribution in [0, 0.1) is 0 Å². The first kappa shape index (κ1) is 15.8. The van der Waals surface area contributed by atoms with Crippen molar-refractivity contribution in [1.29, 1.82) is 0 Å². The van der Waals surface area contributed by atoms with Gasteiger partial charge >= 0.3 is 11.7 Å². The summed E-state index contributed by atoms with van der Waals surface area (Å²) in [5.74, 6) is -0.0756. The number of hydrogen-bond donors (Lipinski definition) is 1. The van der Waals surface area contributed by atoms with Crippen molar-refractivity contribution in [1.82, 2.24) is 9.55 Å². The normalized spacial score (nSPS) is 10.7. The Morgan fingerprint density at radius 1 is 1.37 bits per heavy atom. The van der Waals surface area contributed by atoms with Gasteiger partial charge in [-0.25, -0.2) is 4.79 Å². The third-order valence-electron chi connectivity index (χ3n) is 3.00. The van der Waals surface area contributed by atoms with E-state index in [1.807, 2.05) is 20.1 Å². The fourth-order valence-electron chi connectivity index (χ4n) is 2.15. The summed E-state index contributed by atoms with van der Waals surface area (Å²) in [7, 11) is 0. The van der Waals surface area contributed by atoms with Gasteiger partial charge in [-0.15, -0.1) is 0 Å². The smallest absolute Gasteiger partial charge is 0.348 e. The van der Waals surface area contributed by atoms with E-state index in [1.54, 1.807) is 16.3 Å². The summed E-state index contributed by atoms with van der Waals surface area (Å²) in [6.07, 6.45) is 3.12. The van der Waals surface area contributed by atoms with Gasteiger partial charge < -0.3 is 5.11 Å². The van der Waals surface area contributed by atoms with Crippen molar-refractivity contribution in [2.24, 2.45) is 0 Å². The molecule has 0 saturated carbocycles. The third-order valence-corrected chi connectivity index (χ3v) is 3.59. The van der Waals surface area contributed by atoms with Gasteiger partial charge in [-0.05, 0) is 19.1 Å². The molecule has 0 atom stereocenters. The molecule has 0 aromatic carbocycles. The molecule has 1 aromatic rings. The van der Waals surface area contributed by atoms with Gasteiger partial charge in [0.05, 0.1) is 12.1 Å². The van der Waals surface area contributed by atoms with Crippen LogP contribution in [-0.4, -0.2) is 32.6 Å². The van der Waals surface area contributed by atoms with Crippen LogP contribution in [0.4, 0.5) is 0 Å². The molecule has 0 bridgehead atoms. The van der Waals surface area contributed by atoms with Gasteiger partial charge in [0.2, 0.25) is 0 Å². The number of aromatic nitrogens is 2. The van der Waals surface area contributed by atoms with Crippen LogP contribution in [0.3, 0.4) is 0 Å². The molecular weight excluding hydrogens is 264 g/mol. The summed E-state index contributed by atoms with van der Waals surface area (Å²) in [5.41, 5.74) is 1.87. The molecule has 106 valence electrons. The van der Waals surface area contributed by atoms with Gasteiger partial charge in [-0.2, -0.15) is 16.7 Å². The lowest BCUT2D eigenvalue weighted by atomic mass is 10.0. The number of rotatable bonds is 7. The topological polar surface area (TPSA) is 72.2 Å². The van der Waals surface area contributed by atoms with E-state index < -0.39 is 5.97 Å². The molecule has 5 nitrogen and oxygen atoms in total. The van der Waals surface area contributed by atoms with Crippen LogP contribution < -0.4 is 5.69 Å². The summed E-state index contributed by atoms with van der Waals surface area (Å²) < 4.78 is 1.62. The standard InChI is InChI=1S/C13H20N2O3S/c1-4-10-9(8-12(16)17)11(5-2)15(6-7-19-3)13(18)14-10/h4-8H2,1-3H3,(H,16,17). The minimum Gasteiger partial charge on any atom is -0.481 e. The molecule has 1 aromatic heterocycles. The fourth-order valence-corrected chi connectivity index (χ4v) is 2.52. The van der Waals surface area contributed by atoms with E-state index in [9.17, 15) is 9.59 Å². The summed E-state index contributed by atoms with van der Waals surface area (Å²) in [5, 5.41) is 9.02. The molecule has 19 heavy (non-hydrogen) atoms. The number of nitrogens with zero attached hydrogens (tertiary/aromatic N) is 2. The molecule has 1 heterocycles. The SMILES string of the molecule is CCc1nc(=O)n(CCSC)c(CC)c1CC(=O)O. The summed E-state index contributed by atoms with van der Waals surface area (Å²) >= 11 is 1.65. The van der Waals surface area contributed by atoms with E-state index in [0.29, 0.717) is 30.6 Å². The Bertz CT molecular complexity index is 511. The largest absolute Gasteiger partial charge is 0.481 e. The summed E-state index contributed by atoms with van der Waals surface area (Å²) in [6.45, 7) is 4.40. The van der Waals surface area contributed by atoms with Crippen molar-refractivity contribution in [3.05, 3.63) is 27.4 Å². The number of carboxylic acid groups (broad SMARTS) is 1. The Hall–Kier alpha value is -1.30. The van der Waals surface area contributed by atoms with Crippen LogP contribution in [-0.2, 0) is 30.6 Å². The second-order valence-corrected chi connectivity index (χ2v) is 5.17. The molecular formula is C13H20N2O3S. The lowest BCUT2D eigenvalue weighted by molar-refractivity contribution is -0.136. The second-order valence-electron chi connectivity index (χ2n) is 4.19. The van der Waals surface area contributed by atoms with Crippen molar-refractivity contribution >= 4 is 17.7 Å². The molecule has 1 N–H and O–H groups in total. The molecule has 0 saturated heterocycles. The number of hydrogen-bond acceptors (Lipinski definition) is 4. The van der Waals surface area contributed by atoms with E-state index in [0.717, 1.165) is 11.4 Å².